The molecular formula is C22H18FeN2S+2. The maximum atomic E-state index is 4.81. The second kappa shape index (κ2) is 9.73. The number of para-hydroxylation sites is 2. The van der Waals surface area contributed by atoms with Gasteiger partial charge in [-0.25, -0.2) is 4.98 Å². The molecule has 4 heteroatoms. The number of hydrogen-bond acceptors (Lipinski definition) is 2. The summed E-state index contributed by atoms with van der Waals surface area (Å²) in [6, 6.07) is 12.5. The summed E-state index contributed by atoms with van der Waals surface area (Å²) < 4.78 is 2.30. The number of nitrogens with zero attached hydrogens (tertiary/aromatic N) is 2. The van der Waals surface area contributed by atoms with Crippen molar-refractivity contribution in [1.29, 1.82) is 0 Å². The minimum atomic E-state index is 0. The van der Waals surface area contributed by atoms with Crippen molar-refractivity contribution in [3.63, 3.8) is 0 Å². The first-order valence-electron chi connectivity index (χ1n) is 8.28. The smallest absolute Gasteiger partial charge is 0.323 e. The van der Waals surface area contributed by atoms with Crippen LogP contribution in [0.25, 0.3) is 21.7 Å². The zero-order valence-electron chi connectivity index (χ0n) is 14.1. The minimum absolute atomic E-state index is 0. The Bertz CT molecular complexity index is 776. The summed E-state index contributed by atoms with van der Waals surface area (Å²) in [4.78, 5) is 6.02. The van der Waals surface area contributed by atoms with E-state index in [0.29, 0.717) is 0 Å². The molecule has 2 aliphatic carbocycles. The molecule has 2 fully saturated rings. The van der Waals surface area contributed by atoms with E-state index in [2.05, 4.69) is 66.0 Å². The SMILES string of the molecule is [CH]1[CH][CH][CH][CH]1.[CH]1[CH][CH][C](Cn2c(-c3cccs3)nc3ccccc32)[CH]1.[Fe+2]. The van der Waals surface area contributed by atoms with E-state index in [9.17, 15) is 0 Å². The predicted molar refractivity (Wildman–Crippen MR) is 105 cm³/mol. The Labute approximate surface area is 171 Å². The summed E-state index contributed by atoms with van der Waals surface area (Å²) in [5.41, 5.74) is 2.25. The number of fused-ring (bicyclic) bond motifs is 1. The van der Waals surface area contributed by atoms with E-state index in [1.54, 1.807) is 11.3 Å². The van der Waals surface area contributed by atoms with Gasteiger partial charge >= 0.3 is 17.1 Å². The summed E-state index contributed by atoms with van der Waals surface area (Å²) in [6.45, 7) is 0.862. The molecule has 2 aromatic heterocycles. The number of hydrogen-bond donors (Lipinski definition) is 0. The van der Waals surface area contributed by atoms with E-state index in [-0.39, 0.29) is 17.1 Å². The van der Waals surface area contributed by atoms with Gasteiger partial charge < -0.3 is 4.57 Å². The summed E-state index contributed by atoms with van der Waals surface area (Å²) in [7, 11) is 0. The van der Waals surface area contributed by atoms with Gasteiger partial charge in [-0.15, -0.1) is 11.3 Å². The number of aromatic nitrogens is 2. The Morgan fingerprint density at radius 2 is 1.50 bits per heavy atom. The van der Waals surface area contributed by atoms with E-state index in [4.69, 9.17) is 4.98 Å². The van der Waals surface area contributed by atoms with Crippen molar-refractivity contribution < 1.29 is 17.1 Å². The van der Waals surface area contributed by atoms with E-state index >= 15 is 0 Å². The van der Waals surface area contributed by atoms with E-state index in [0.717, 1.165) is 17.9 Å². The van der Waals surface area contributed by atoms with Crippen LogP contribution in [0.2, 0.25) is 0 Å². The van der Waals surface area contributed by atoms with Gasteiger partial charge in [0.05, 0.1) is 15.9 Å². The van der Waals surface area contributed by atoms with Crippen molar-refractivity contribution in [2.75, 3.05) is 0 Å². The van der Waals surface area contributed by atoms with Crippen LogP contribution in [0, 0.1) is 63.7 Å². The Morgan fingerprint density at radius 1 is 0.808 bits per heavy atom. The van der Waals surface area contributed by atoms with Crippen molar-refractivity contribution in [3.8, 4) is 10.7 Å². The summed E-state index contributed by atoms with van der Waals surface area (Å²) in [6.07, 6.45) is 18.5. The molecule has 0 spiro atoms. The van der Waals surface area contributed by atoms with Gasteiger partial charge in [-0.3, -0.25) is 0 Å². The molecule has 2 heterocycles. The quantitative estimate of drug-likeness (QED) is 0.556. The standard InChI is InChI=1S/C17H13N2S.C5H5.Fe/c1-2-7-13(6-1)12-19-15-9-4-3-8-14(15)18-17(19)16-10-5-11-20-16;1-2-4-5-3-1;/h1-11H,12H2;1-5H;/q;;+2. The van der Waals surface area contributed by atoms with E-state index in [1.165, 1.54) is 16.3 Å². The molecule has 26 heavy (non-hydrogen) atoms. The number of imidazole rings is 1. The second-order valence-electron chi connectivity index (χ2n) is 5.74. The van der Waals surface area contributed by atoms with Crippen molar-refractivity contribution in [2.45, 2.75) is 6.54 Å². The van der Waals surface area contributed by atoms with Crippen LogP contribution in [-0.4, -0.2) is 9.55 Å². The molecular weight excluding hydrogens is 380 g/mol. The molecule has 0 N–H and O–H groups in total. The fraction of sp³-hybridized carbons (Fsp3) is 0.0455. The van der Waals surface area contributed by atoms with Gasteiger partial charge in [0.2, 0.25) is 0 Å². The third kappa shape index (κ3) is 4.60. The molecule has 1 aromatic carbocycles. The second-order valence-corrected chi connectivity index (χ2v) is 6.69. The molecule has 0 saturated heterocycles. The maximum absolute atomic E-state index is 4.81. The number of benzene rings is 1. The Morgan fingerprint density at radius 3 is 2.15 bits per heavy atom. The molecule has 5 rings (SSSR count). The predicted octanol–water partition coefficient (Wildman–Crippen LogP) is 5.19. The first-order chi connectivity index (χ1) is 12.4. The van der Waals surface area contributed by atoms with E-state index in [1.807, 2.05) is 38.2 Å². The van der Waals surface area contributed by atoms with Gasteiger partial charge in [-0.1, -0.05) is 18.2 Å². The fourth-order valence-electron chi connectivity index (χ4n) is 2.85. The Hall–Kier alpha value is -1.09. The zero-order chi connectivity index (χ0) is 16.9. The first kappa shape index (κ1) is 19.7. The molecule has 128 valence electrons. The Kier molecular flexibility index (Phi) is 7.36. The van der Waals surface area contributed by atoms with Crippen LogP contribution in [0.1, 0.15) is 0 Å². The molecule has 0 atom stereocenters. The molecule has 2 aliphatic rings. The van der Waals surface area contributed by atoms with Gasteiger partial charge in [0.1, 0.15) is 0 Å². The van der Waals surface area contributed by atoms with Crippen molar-refractivity contribution in [2.24, 2.45) is 0 Å². The summed E-state index contributed by atoms with van der Waals surface area (Å²) >= 11 is 1.73. The molecule has 0 amide bonds. The van der Waals surface area contributed by atoms with Crippen molar-refractivity contribution in [1.82, 2.24) is 9.55 Å². The van der Waals surface area contributed by atoms with Gasteiger partial charge in [0.15, 0.2) is 5.82 Å². The molecule has 2 saturated carbocycles. The summed E-state index contributed by atoms with van der Waals surface area (Å²) in [5, 5.41) is 2.10. The van der Waals surface area contributed by atoms with Crippen LogP contribution in [-0.2, 0) is 23.6 Å². The van der Waals surface area contributed by atoms with Crippen LogP contribution in [0.5, 0.6) is 0 Å². The third-order valence-electron chi connectivity index (χ3n) is 4.02. The van der Waals surface area contributed by atoms with Crippen LogP contribution in [0.3, 0.4) is 0 Å². The normalized spacial score (nSPS) is 17.1. The number of rotatable bonds is 3. The zero-order valence-corrected chi connectivity index (χ0v) is 16.0. The molecule has 2 nitrogen and oxygen atoms in total. The molecule has 3 aromatic rings. The van der Waals surface area contributed by atoms with Crippen LogP contribution in [0.4, 0.5) is 0 Å². The van der Waals surface area contributed by atoms with Gasteiger partial charge in [-0.2, -0.15) is 0 Å². The largest absolute Gasteiger partial charge is 2.00 e. The monoisotopic (exact) mass is 398 g/mol. The topological polar surface area (TPSA) is 17.8 Å². The fourth-order valence-corrected chi connectivity index (χ4v) is 3.57. The van der Waals surface area contributed by atoms with E-state index < -0.39 is 0 Å². The van der Waals surface area contributed by atoms with Crippen LogP contribution in [0.15, 0.2) is 41.8 Å². The molecule has 10 radical (unpaired) electrons. The van der Waals surface area contributed by atoms with Gasteiger partial charge in [0, 0.05) is 12.5 Å². The van der Waals surface area contributed by atoms with Crippen molar-refractivity contribution in [3.05, 3.63) is 105 Å². The van der Waals surface area contributed by atoms with Crippen LogP contribution < -0.4 is 0 Å². The molecule has 0 aliphatic heterocycles. The average molecular weight is 398 g/mol. The van der Waals surface area contributed by atoms with Gasteiger partial charge in [0.25, 0.3) is 0 Å². The molecule has 0 unspecified atom stereocenters. The first-order valence-corrected chi connectivity index (χ1v) is 9.16. The van der Waals surface area contributed by atoms with Crippen LogP contribution >= 0.6 is 11.3 Å². The Balaban J connectivity index is 0.000000285. The maximum Gasteiger partial charge on any atom is 2.00 e. The summed E-state index contributed by atoms with van der Waals surface area (Å²) in [5.74, 6) is 2.37. The van der Waals surface area contributed by atoms with Crippen molar-refractivity contribution >= 4 is 22.4 Å². The minimum Gasteiger partial charge on any atom is -0.323 e. The van der Waals surface area contributed by atoms with Gasteiger partial charge in [-0.05, 0) is 81.4 Å². The average Bonchev–Trinajstić information content (AvgIpc) is 3.43. The number of thiophene rings is 1. The third-order valence-corrected chi connectivity index (χ3v) is 4.89. The molecule has 0 bridgehead atoms.